The van der Waals surface area contributed by atoms with Gasteiger partial charge in [0.25, 0.3) is 0 Å². The van der Waals surface area contributed by atoms with Gasteiger partial charge in [-0.25, -0.2) is 0 Å². The summed E-state index contributed by atoms with van der Waals surface area (Å²) in [6.07, 6.45) is 6.45. The minimum atomic E-state index is 0.255. The highest BCUT2D eigenvalue weighted by Crippen LogP contribution is 2.53. The molecule has 2 aromatic rings. The molecule has 1 nitrogen and oxygen atoms in total. The van der Waals surface area contributed by atoms with Crippen LogP contribution in [0.15, 0.2) is 48.5 Å². The van der Waals surface area contributed by atoms with Crippen LogP contribution in [0.5, 0.6) is 0 Å². The van der Waals surface area contributed by atoms with Gasteiger partial charge in [0.05, 0.1) is 0 Å². The molecule has 0 radical (unpaired) electrons. The lowest BCUT2D eigenvalue weighted by Crippen LogP contribution is -2.36. The smallest absolute Gasteiger partial charge is 0.0382 e. The van der Waals surface area contributed by atoms with Crippen LogP contribution in [0, 0.1) is 5.92 Å². The highest BCUT2D eigenvalue weighted by atomic mass is 15.0. The number of rotatable bonds is 5. The van der Waals surface area contributed by atoms with Crippen LogP contribution >= 0.6 is 0 Å². The molecule has 4 unspecified atom stereocenters. The Morgan fingerprint density at radius 2 is 1.81 bits per heavy atom. The van der Waals surface area contributed by atoms with Crippen molar-refractivity contribution in [2.75, 3.05) is 5.32 Å². The fourth-order valence-electron chi connectivity index (χ4n) is 5.46. The highest BCUT2D eigenvalue weighted by Gasteiger charge is 2.44. The molecule has 2 aromatic carbocycles. The Labute approximate surface area is 165 Å². The zero-order valence-corrected chi connectivity index (χ0v) is 17.5. The summed E-state index contributed by atoms with van der Waals surface area (Å²) in [6.45, 7) is 9.53. The van der Waals surface area contributed by atoms with Crippen LogP contribution in [-0.4, -0.2) is 6.04 Å². The molecule has 0 bridgehead atoms. The van der Waals surface area contributed by atoms with Crippen molar-refractivity contribution in [2.24, 2.45) is 5.92 Å². The second-order valence-electron chi connectivity index (χ2n) is 9.56. The maximum atomic E-state index is 3.95. The Bertz CT molecular complexity index is 776. The summed E-state index contributed by atoms with van der Waals surface area (Å²) in [4.78, 5) is 0. The molecule has 1 heterocycles. The van der Waals surface area contributed by atoms with Crippen molar-refractivity contribution in [1.29, 1.82) is 0 Å². The molecule has 1 aliphatic carbocycles. The molecule has 1 saturated carbocycles. The number of benzene rings is 2. The first-order chi connectivity index (χ1) is 13.0. The first-order valence-corrected chi connectivity index (χ1v) is 11.0. The SMILES string of the molecule is CCCCC(C)(C)c1ccc2c(c1)NC1C(C)CCC(c3ccccc3)C21. The zero-order valence-electron chi connectivity index (χ0n) is 17.5. The molecule has 1 heteroatoms. The fraction of sp³-hybridized carbons (Fsp3) is 0.538. The van der Waals surface area contributed by atoms with Crippen molar-refractivity contribution in [3.63, 3.8) is 0 Å². The molecule has 1 fully saturated rings. The van der Waals surface area contributed by atoms with Gasteiger partial charge in [0, 0.05) is 17.6 Å². The van der Waals surface area contributed by atoms with E-state index >= 15 is 0 Å². The van der Waals surface area contributed by atoms with Gasteiger partial charge in [-0.15, -0.1) is 0 Å². The van der Waals surface area contributed by atoms with E-state index in [1.54, 1.807) is 5.56 Å². The summed E-state index contributed by atoms with van der Waals surface area (Å²) in [5, 5.41) is 3.95. The normalized spacial score (nSPS) is 27.0. The number of anilines is 1. The number of nitrogens with one attached hydrogen (secondary N) is 1. The van der Waals surface area contributed by atoms with Crippen molar-refractivity contribution in [3.8, 4) is 0 Å². The van der Waals surface area contributed by atoms with Crippen molar-refractivity contribution < 1.29 is 0 Å². The Hall–Kier alpha value is -1.76. The van der Waals surface area contributed by atoms with Gasteiger partial charge in [-0.1, -0.05) is 83.0 Å². The predicted molar refractivity (Wildman–Crippen MR) is 117 cm³/mol. The number of fused-ring (bicyclic) bond motifs is 3. The molecule has 1 aliphatic heterocycles. The van der Waals surface area contributed by atoms with Gasteiger partial charge in [-0.05, 0) is 59.3 Å². The Balaban J connectivity index is 1.68. The predicted octanol–water partition coefficient (Wildman–Crippen LogP) is 7.25. The number of hydrogen-bond donors (Lipinski definition) is 1. The molecule has 144 valence electrons. The minimum Gasteiger partial charge on any atom is -0.381 e. The largest absolute Gasteiger partial charge is 0.381 e. The minimum absolute atomic E-state index is 0.255. The van der Waals surface area contributed by atoms with Crippen LogP contribution in [-0.2, 0) is 5.41 Å². The maximum Gasteiger partial charge on any atom is 0.0382 e. The van der Waals surface area contributed by atoms with Crippen LogP contribution in [0.1, 0.15) is 88.3 Å². The Morgan fingerprint density at radius 3 is 2.56 bits per heavy atom. The molecule has 0 aromatic heterocycles. The van der Waals surface area contributed by atoms with Crippen molar-refractivity contribution in [2.45, 2.75) is 83.1 Å². The van der Waals surface area contributed by atoms with E-state index in [0.29, 0.717) is 17.9 Å². The van der Waals surface area contributed by atoms with Crippen molar-refractivity contribution >= 4 is 5.69 Å². The van der Waals surface area contributed by atoms with Gasteiger partial charge in [-0.2, -0.15) is 0 Å². The van der Waals surface area contributed by atoms with Gasteiger partial charge < -0.3 is 5.32 Å². The van der Waals surface area contributed by atoms with E-state index in [4.69, 9.17) is 0 Å². The third-order valence-corrected chi connectivity index (χ3v) is 7.27. The molecule has 27 heavy (non-hydrogen) atoms. The zero-order chi connectivity index (χ0) is 19.0. The second kappa shape index (κ2) is 7.34. The molecule has 4 rings (SSSR count). The Morgan fingerprint density at radius 1 is 1.04 bits per heavy atom. The van der Waals surface area contributed by atoms with E-state index < -0.39 is 0 Å². The van der Waals surface area contributed by atoms with E-state index in [0.717, 1.165) is 5.92 Å². The molecule has 0 saturated heterocycles. The average Bonchev–Trinajstić information content (AvgIpc) is 3.07. The maximum absolute atomic E-state index is 3.95. The molecule has 2 aliphatic rings. The van der Waals surface area contributed by atoms with Crippen LogP contribution in [0.4, 0.5) is 5.69 Å². The lowest BCUT2D eigenvalue weighted by molar-refractivity contribution is 0.287. The van der Waals surface area contributed by atoms with Gasteiger partial charge in [0.15, 0.2) is 0 Å². The second-order valence-corrected chi connectivity index (χ2v) is 9.56. The van der Waals surface area contributed by atoms with E-state index in [-0.39, 0.29) is 5.41 Å². The van der Waals surface area contributed by atoms with Crippen LogP contribution in [0.25, 0.3) is 0 Å². The molecular formula is C26H35N. The van der Waals surface area contributed by atoms with E-state index in [2.05, 4.69) is 81.5 Å². The van der Waals surface area contributed by atoms with Crippen LogP contribution < -0.4 is 5.32 Å². The van der Waals surface area contributed by atoms with Crippen molar-refractivity contribution in [1.82, 2.24) is 0 Å². The molecule has 0 amide bonds. The summed E-state index contributed by atoms with van der Waals surface area (Å²) < 4.78 is 0. The lowest BCUT2D eigenvalue weighted by atomic mass is 9.67. The number of unbranched alkanes of at least 4 members (excludes halogenated alkanes) is 1. The van der Waals surface area contributed by atoms with Crippen molar-refractivity contribution in [3.05, 3.63) is 65.2 Å². The molecule has 4 atom stereocenters. The summed E-state index contributed by atoms with van der Waals surface area (Å²) >= 11 is 0. The summed E-state index contributed by atoms with van der Waals surface area (Å²) in [6, 6.07) is 19.1. The fourth-order valence-corrected chi connectivity index (χ4v) is 5.46. The first kappa shape index (κ1) is 18.6. The number of hydrogen-bond acceptors (Lipinski definition) is 1. The standard InChI is InChI=1S/C26H35N/c1-5-6-16-26(3,4)20-13-15-22-23(17-20)27-25-18(2)12-14-21(24(22)25)19-10-8-7-9-11-19/h7-11,13,15,17-18,21,24-25,27H,5-6,12,14,16H2,1-4H3. The quantitative estimate of drug-likeness (QED) is 0.591. The van der Waals surface area contributed by atoms with Crippen LogP contribution in [0.2, 0.25) is 0 Å². The van der Waals surface area contributed by atoms with Gasteiger partial charge in [0.2, 0.25) is 0 Å². The van der Waals surface area contributed by atoms with Crippen LogP contribution in [0.3, 0.4) is 0 Å². The summed E-state index contributed by atoms with van der Waals surface area (Å²) in [5.41, 5.74) is 6.22. The monoisotopic (exact) mass is 361 g/mol. The summed E-state index contributed by atoms with van der Waals surface area (Å²) in [7, 11) is 0. The highest BCUT2D eigenvalue weighted by molar-refractivity contribution is 5.63. The average molecular weight is 362 g/mol. The molecule has 1 N–H and O–H groups in total. The van der Waals surface area contributed by atoms with Gasteiger partial charge >= 0.3 is 0 Å². The first-order valence-electron chi connectivity index (χ1n) is 11.0. The van der Waals surface area contributed by atoms with E-state index in [1.165, 1.54) is 48.9 Å². The Kier molecular flexibility index (Phi) is 5.05. The van der Waals surface area contributed by atoms with E-state index in [1.807, 2.05) is 0 Å². The lowest BCUT2D eigenvalue weighted by Gasteiger charge is -2.38. The molecular weight excluding hydrogens is 326 g/mol. The third-order valence-electron chi connectivity index (χ3n) is 7.27. The summed E-state index contributed by atoms with van der Waals surface area (Å²) in [5.74, 6) is 1.98. The van der Waals surface area contributed by atoms with E-state index in [9.17, 15) is 0 Å². The van der Waals surface area contributed by atoms with Gasteiger partial charge in [-0.3, -0.25) is 0 Å². The molecule has 0 spiro atoms. The van der Waals surface area contributed by atoms with Gasteiger partial charge in [0.1, 0.15) is 0 Å². The third kappa shape index (κ3) is 3.42. The topological polar surface area (TPSA) is 12.0 Å².